The van der Waals surface area contributed by atoms with Crippen LogP contribution in [0.5, 0.6) is 5.75 Å². The standard InChI is InChI=1S/C20H19F3N2O3S.C2H6/c1-2-3-14-4-6-15(7-5-14)13-24-19-11-8-16-12-17(9-10-18(16)25-19)28-29(26,27)20(21,22)23;1-2/h4-12H,2-3,13H2,1H3,(H,24,25);1-2H3. The number of aromatic nitrogens is 1. The molecule has 0 saturated carbocycles. The summed E-state index contributed by atoms with van der Waals surface area (Å²) in [7, 11) is -5.71. The molecular weight excluding hydrogens is 429 g/mol. The van der Waals surface area contributed by atoms with Crippen molar-refractivity contribution in [2.45, 2.75) is 45.7 Å². The summed E-state index contributed by atoms with van der Waals surface area (Å²) in [5.41, 5.74) is -2.62. The average Bonchev–Trinajstić information content (AvgIpc) is 2.74. The molecule has 0 aliphatic rings. The van der Waals surface area contributed by atoms with E-state index in [1.807, 2.05) is 26.0 Å². The molecule has 0 amide bonds. The Bertz CT molecular complexity index is 1100. The van der Waals surface area contributed by atoms with E-state index in [4.69, 9.17) is 0 Å². The zero-order chi connectivity index (χ0) is 23.1. The number of rotatable bonds is 7. The number of benzene rings is 2. The van der Waals surface area contributed by atoms with Gasteiger partial charge in [-0.15, -0.1) is 0 Å². The number of fused-ring (bicyclic) bond motifs is 1. The van der Waals surface area contributed by atoms with Crippen molar-refractivity contribution in [1.29, 1.82) is 0 Å². The Morgan fingerprint density at radius 3 is 2.23 bits per heavy atom. The van der Waals surface area contributed by atoms with Crippen LogP contribution in [0, 0.1) is 0 Å². The molecule has 0 saturated heterocycles. The highest BCUT2D eigenvalue weighted by atomic mass is 32.2. The lowest BCUT2D eigenvalue weighted by atomic mass is 10.1. The molecule has 3 rings (SSSR count). The number of nitrogens with one attached hydrogen (secondary N) is 1. The number of hydrogen-bond acceptors (Lipinski definition) is 5. The predicted octanol–water partition coefficient (Wildman–Crippen LogP) is 6.05. The third kappa shape index (κ3) is 6.58. The number of hydrogen-bond donors (Lipinski definition) is 1. The normalized spacial score (nSPS) is 11.5. The Labute approximate surface area is 180 Å². The van der Waals surface area contributed by atoms with Gasteiger partial charge in [-0.25, -0.2) is 4.98 Å². The van der Waals surface area contributed by atoms with Crippen LogP contribution < -0.4 is 9.50 Å². The van der Waals surface area contributed by atoms with Gasteiger partial charge in [0.15, 0.2) is 0 Å². The second-order valence-electron chi connectivity index (χ2n) is 6.45. The number of aryl methyl sites for hydroxylation is 1. The van der Waals surface area contributed by atoms with Gasteiger partial charge in [-0.2, -0.15) is 21.6 Å². The third-order valence-corrected chi connectivity index (χ3v) is 5.16. The number of alkyl halides is 3. The van der Waals surface area contributed by atoms with Gasteiger partial charge in [0, 0.05) is 11.9 Å². The van der Waals surface area contributed by atoms with Crippen molar-refractivity contribution in [1.82, 2.24) is 4.98 Å². The summed E-state index contributed by atoms with van der Waals surface area (Å²) in [4.78, 5) is 4.39. The molecule has 1 aromatic heterocycles. The SMILES string of the molecule is CC.CCCc1ccc(CNc2ccc3cc(OS(=O)(=O)C(F)(F)F)ccc3n2)cc1. The van der Waals surface area contributed by atoms with Gasteiger partial charge < -0.3 is 9.50 Å². The van der Waals surface area contributed by atoms with E-state index in [0.29, 0.717) is 23.3 Å². The lowest BCUT2D eigenvalue weighted by molar-refractivity contribution is -0.0500. The van der Waals surface area contributed by atoms with Crippen LogP contribution in [-0.2, 0) is 23.1 Å². The van der Waals surface area contributed by atoms with Crippen molar-refractivity contribution in [3.63, 3.8) is 0 Å². The maximum atomic E-state index is 12.4. The molecule has 31 heavy (non-hydrogen) atoms. The van der Waals surface area contributed by atoms with Crippen LogP contribution in [0.15, 0.2) is 54.6 Å². The smallest absolute Gasteiger partial charge is 0.376 e. The zero-order valence-corrected chi connectivity index (χ0v) is 18.3. The van der Waals surface area contributed by atoms with E-state index >= 15 is 0 Å². The van der Waals surface area contributed by atoms with Crippen LogP contribution >= 0.6 is 0 Å². The van der Waals surface area contributed by atoms with Gasteiger partial charge in [0.05, 0.1) is 5.52 Å². The Balaban J connectivity index is 0.00000166. The summed E-state index contributed by atoms with van der Waals surface area (Å²) >= 11 is 0. The fraction of sp³-hybridized carbons (Fsp3) is 0.318. The van der Waals surface area contributed by atoms with E-state index < -0.39 is 21.4 Å². The first kappa shape index (κ1) is 24.5. The van der Waals surface area contributed by atoms with Crippen molar-refractivity contribution < 1.29 is 25.8 Å². The van der Waals surface area contributed by atoms with Crippen molar-refractivity contribution in [2.75, 3.05) is 5.32 Å². The molecular formula is C22H25F3N2O3S. The van der Waals surface area contributed by atoms with Crippen LogP contribution in [0.1, 0.15) is 38.3 Å². The molecule has 0 atom stereocenters. The molecule has 5 nitrogen and oxygen atoms in total. The van der Waals surface area contributed by atoms with Crippen molar-refractivity contribution in [3.05, 3.63) is 65.7 Å². The van der Waals surface area contributed by atoms with Crippen molar-refractivity contribution in [2.24, 2.45) is 0 Å². The summed E-state index contributed by atoms with van der Waals surface area (Å²) in [5.74, 6) is 0.163. The summed E-state index contributed by atoms with van der Waals surface area (Å²) in [6.45, 7) is 6.70. The molecule has 0 radical (unpaired) electrons. The quantitative estimate of drug-likeness (QED) is 0.347. The molecule has 0 fully saturated rings. The molecule has 2 aromatic carbocycles. The Morgan fingerprint density at radius 1 is 0.968 bits per heavy atom. The van der Waals surface area contributed by atoms with Crippen molar-refractivity contribution in [3.8, 4) is 5.75 Å². The monoisotopic (exact) mass is 454 g/mol. The van der Waals surface area contributed by atoms with Crippen LogP contribution in [0.25, 0.3) is 10.9 Å². The second-order valence-corrected chi connectivity index (χ2v) is 7.99. The highest BCUT2D eigenvalue weighted by molar-refractivity contribution is 7.88. The Morgan fingerprint density at radius 2 is 1.61 bits per heavy atom. The highest BCUT2D eigenvalue weighted by Gasteiger charge is 2.48. The number of halogens is 3. The van der Waals surface area contributed by atoms with Gasteiger partial charge in [-0.05, 0) is 47.9 Å². The number of nitrogens with zero attached hydrogens (tertiary/aromatic N) is 1. The molecule has 0 bridgehead atoms. The van der Waals surface area contributed by atoms with Gasteiger partial charge >= 0.3 is 15.6 Å². The fourth-order valence-corrected chi connectivity index (χ4v) is 3.18. The van der Waals surface area contributed by atoms with Gasteiger partial charge in [0.1, 0.15) is 11.6 Å². The summed E-state index contributed by atoms with van der Waals surface area (Å²) in [5, 5.41) is 3.64. The van der Waals surface area contributed by atoms with E-state index in [-0.39, 0.29) is 0 Å². The van der Waals surface area contributed by atoms with E-state index in [9.17, 15) is 21.6 Å². The van der Waals surface area contributed by atoms with E-state index in [1.54, 1.807) is 12.1 Å². The molecule has 168 valence electrons. The molecule has 0 aliphatic heterocycles. The molecule has 1 N–H and O–H groups in total. The van der Waals surface area contributed by atoms with Gasteiger partial charge in [0.25, 0.3) is 0 Å². The largest absolute Gasteiger partial charge is 0.534 e. The zero-order valence-electron chi connectivity index (χ0n) is 17.5. The molecule has 3 aromatic rings. The minimum absolute atomic E-state index is 0.426. The summed E-state index contributed by atoms with van der Waals surface area (Å²) in [6.07, 6.45) is 2.13. The van der Waals surface area contributed by atoms with Gasteiger partial charge in [0.2, 0.25) is 0 Å². The van der Waals surface area contributed by atoms with E-state index in [1.165, 1.54) is 17.7 Å². The second kappa shape index (κ2) is 10.5. The topological polar surface area (TPSA) is 68.3 Å². The molecule has 9 heteroatoms. The van der Waals surface area contributed by atoms with Crippen LogP contribution in [-0.4, -0.2) is 18.9 Å². The maximum Gasteiger partial charge on any atom is 0.534 e. The number of pyridine rings is 1. The van der Waals surface area contributed by atoms with E-state index in [2.05, 4.69) is 33.5 Å². The van der Waals surface area contributed by atoms with Crippen LogP contribution in [0.4, 0.5) is 19.0 Å². The molecule has 0 aliphatic carbocycles. The fourth-order valence-electron chi connectivity index (χ4n) is 2.73. The molecule has 0 spiro atoms. The maximum absolute atomic E-state index is 12.4. The minimum atomic E-state index is -5.71. The highest BCUT2D eigenvalue weighted by Crippen LogP contribution is 2.29. The number of anilines is 1. The summed E-state index contributed by atoms with van der Waals surface area (Å²) in [6, 6.07) is 15.3. The predicted molar refractivity (Wildman–Crippen MR) is 116 cm³/mol. The van der Waals surface area contributed by atoms with E-state index in [0.717, 1.165) is 24.5 Å². The Kier molecular flexibility index (Phi) is 8.27. The first-order chi connectivity index (χ1) is 14.7. The van der Waals surface area contributed by atoms with Crippen LogP contribution in [0.2, 0.25) is 0 Å². The summed E-state index contributed by atoms with van der Waals surface area (Å²) < 4.78 is 63.7. The lowest BCUT2D eigenvalue weighted by Crippen LogP contribution is -2.28. The first-order valence-electron chi connectivity index (χ1n) is 9.91. The van der Waals surface area contributed by atoms with Crippen molar-refractivity contribution >= 4 is 26.8 Å². The molecule has 0 unspecified atom stereocenters. The lowest BCUT2D eigenvalue weighted by Gasteiger charge is -2.11. The first-order valence-corrected chi connectivity index (χ1v) is 11.3. The Hall–Kier alpha value is -2.81. The average molecular weight is 455 g/mol. The third-order valence-electron chi connectivity index (χ3n) is 4.19. The van der Waals surface area contributed by atoms with Gasteiger partial charge in [-0.1, -0.05) is 51.5 Å². The van der Waals surface area contributed by atoms with Gasteiger partial charge in [-0.3, -0.25) is 0 Å². The van der Waals surface area contributed by atoms with Crippen LogP contribution in [0.3, 0.4) is 0 Å². The minimum Gasteiger partial charge on any atom is -0.376 e. The molecule has 1 heterocycles.